The highest BCUT2D eigenvalue weighted by Gasteiger charge is 2.10. The zero-order chi connectivity index (χ0) is 16.1. The van der Waals surface area contributed by atoms with E-state index in [1.54, 1.807) is 6.07 Å². The van der Waals surface area contributed by atoms with Crippen LogP contribution in [0.1, 0.15) is 11.1 Å². The van der Waals surface area contributed by atoms with Crippen LogP contribution in [0.4, 0.5) is 0 Å². The molecule has 0 aromatic heterocycles. The van der Waals surface area contributed by atoms with Crippen molar-refractivity contribution in [2.75, 3.05) is 6.61 Å². The average molecular weight is 448 g/mol. The summed E-state index contributed by atoms with van der Waals surface area (Å²) < 4.78 is 7.35. The lowest BCUT2D eigenvalue weighted by molar-refractivity contribution is -0.123. The molecule has 116 valence electrons. The Kier molecular flexibility index (Phi) is 6.29. The Morgan fingerprint density at radius 3 is 2.68 bits per heavy atom. The lowest BCUT2D eigenvalue weighted by Gasteiger charge is -2.12. The Hall–Kier alpha value is -1.04. The zero-order valence-electron chi connectivity index (χ0n) is 11.8. The Labute approximate surface area is 151 Å². The van der Waals surface area contributed by atoms with Gasteiger partial charge in [0.1, 0.15) is 5.75 Å². The first kappa shape index (κ1) is 17.3. The summed E-state index contributed by atoms with van der Waals surface area (Å²) in [6.45, 7) is 2.25. The van der Waals surface area contributed by atoms with Crippen molar-refractivity contribution in [3.63, 3.8) is 0 Å². The molecule has 0 saturated carbocycles. The van der Waals surface area contributed by atoms with Gasteiger partial charge in [0.05, 0.1) is 4.47 Å². The summed E-state index contributed by atoms with van der Waals surface area (Å²) >= 11 is 12.9. The lowest BCUT2D eigenvalue weighted by atomic mass is 10.2. The largest absolute Gasteiger partial charge is 0.482 e. The van der Waals surface area contributed by atoms with Gasteiger partial charge in [0, 0.05) is 16.0 Å². The second kappa shape index (κ2) is 7.99. The highest BCUT2D eigenvalue weighted by Crippen LogP contribution is 2.32. The number of carbonyl (C=O) groups is 1. The minimum absolute atomic E-state index is 0.0501. The molecule has 1 N–H and O–H groups in total. The monoisotopic (exact) mass is 445 g/mol. The summed E-state index contributed by atoms with van der Waals surface area (Å²) in [5.41, 5.74) is 1.82. The molecule has 2 aromatic rings. The van der Waals surface area contributed by atoms with Gasteiger partial charge in [0.25, 0.3) is 5.91 Å². The predicted octanol–water partition coefficient (Wildman–Crippen LogP) is 4.87. The molecule has 0 bridgehead atoms. The van der Waals surface area contributed by atoms with Gasteiger partial charge in [0.15, 0.2) is 6.61 Å². The summed E-state index contributed by atoms with van der Waals surface area (Å²) in [5, 5.41) is 3.42. The minimum Gasteiger partial charge on any atom is -0.482 e. The van der Waals surface area contributed by atoms with Crippen LogP contribution in [0, 0.1) is 6.92 Å². The summed E-state index contributed by atoms with van der Waals surface area (Å²) in [7, 11) is 0. The third kappa shape index (κ3) is 4.73. The van der Waals surface area contributed by atoms with E-state index in [-0.39, 0.29) is 12.5 Å². The van der Waals surface area contributed by atoms with Gasteiger partial charge < -0.3 is 10.1 Å². The zero-order valence-corrected chi connectivity index (χ0v) is 15.8. The van der Waals surface area contributed by atoms with Crippen LogP contribution in [0.5, 0.6) is 5.75 Å². The summed E-state index contributed by atoms with van der Waals surface area (Å²) in [6, 6.07) is 11.2. The lowest BCUT2D eigenvalue weighted by Crippen LogP contribution is -2.28. The maximum Gasteiger partial charge on any atom is 0.258 e. The number of rotatable bonds is 5. The third-order valence-electron chi connectivity index (χ3n) is 2.98. The first-order valence-corrected chi connectivity index (χ1v) is 8.52. The van der Waals surface area contributed by atoms with Gasteiger partial charge in [-0.15, -0.1) is 0 Å². The van der Waals surface area contributed by atoms with Gasteiger partial charge in [-0.05, 0) is 52.2 Å². The van der Waals surface area contributed by atoms with Gasteiger partial charge in [0.2, 0.25) is 0 Å². The Morgan fingerprint density at radius 2 is 2.00 bits per heavy atom. The van der Waals surface area contributed by atoms with Crippen LogP contribution >= 0.6 is 43.5 Å². The fourth-order valence-electron chi connectivity index (χ4n) is 1.90. The number of halogens is 3. The molecule has 22 heavy (non-hydrogen) atoms. The van der Waals surface area contributed by atoms with Gasteiger partial charge in [-0.25, -0.2) is 0 Å². The molecule has 0 saturated heterocycles. The van der Waals surface area contributed by atoms with E-state index in [0.717, 1.165) is 20.1 Å². The number of benzene rings is 2. The number of aryl methyl sites for hydroxylation is 1. The van der Waals surface area contributed by atoms with Crippen LogP contribution < -0.4 is 10.1 Å². The topological polar surface area (TPSA) is 38.3 Å². The second-order valence-electron chi connectivity index (χ2n) is 4.69. The van der Waals surface area contributed by atoms with E-state index in [2.05, 4.69) is 37.2 Å². The van der Waals surface area contributed by atoms with Crippen molar-refractivity contribution >= 4 is 49.4 Å². The van der Waals surface area contributed by atoms with Crippen molar-refractivity contribution in [3.05, 3.63) is 61.5 Å². The van der Waals surface area contributed by atoms with E-state index in [1.807, 2.05) is 37.3 Å². The maximum absolute atomic E-state index is 11.9. The highest BCUT2D eigenvalue weighted by molar-refractivity contribution is 9.11. The molecule has 1 amide bonds. The molecule has 0 unspecified atom stereocenters. The summed E-state index contributed by atoms with van der Waals surface area (Å²) in [4.78, 5) is 11.9. The standard InChI is InChI=1S/C16H14Br2ClNO2/c1-10-6-12(17)7-13(18)16(10)22-9-15(21)20-8-11-4-2-3-5-14(11)19/h2-7H,8-9H2,1H3,(H,20,21). The molecule has 0 spiro atoms. The molecule has 0 heterocycles. The van der Waals surface area contributed by atoms with E-state index >= 15 is 0 Å². The molecule has 0 aliphatic carbocycles. The quantitative estimate of drug-likeness (QED) is 0.710. The first-order chi connectivity index (χ1) is 10.5. The molecule has 2 aromatic carbocycles. The fraction of sp³-hybridized carbons (Fsp3) is 0.188. The van der Waals surface area contributed by atoms with Crippen LogP contribution in [0.25, 0.3) is 0 Å². The number of hydrogen-bond acceptors (Lipinski definition) is 2. The van der Waals surface area contributed by atoms with Gasteiger partial charge >= 0.3 is 0 Å². The molecule has 0 aliphatic rings. The average Bonchev–Trinajstić information content (AvgIpc) is 2.45. The van der Waals surface area contributed by atoms with Crippen LogP contribution in [0.15, 0.2) is 45.3 Å². The van der Waals surface area contributed by atoms with Gasteiger partial charge in [-0.2, -0.15) is 0 Å². The Bertz CT molecular complexity index is 669. The van der Waals surface area contributed by atoms with Crippen molar-refractivity contribution < 1.29 is 9.53 Å². The van der Waals surface area contributed by atoms with E-state index in [9.17, 15) is 4.79 Å². The molecule has 0 aliphatic heterocycles. The van der Waals surface area contributed by atoms with Crippen molar-refractivity contribution in [2.24, 2.45) is 0 Å². The van der Waals surface area contributed by atoms with Crippen LogP contribution in [0.2, 0.25) is 5.02 Å². The molecule has 6 heteroatoms. The molecule has 0 radical (unpaired) electrons. The fourth-order valence-corrected chi connectivity index (χ4v) is 3.65. The van der Waals surface area contributed by atoms with Crippen molar-refractivity contribution in [1.29, 1.82) is 0 Å². The normalized spacial score (nSPS) is 10.4. The van der Waals surface area contributed by atoms with E-state index in [1.165, 1.54) is 0 Å². The van der Waals surface area contributed by atoms with Crippen LogP contribution in [0.3, 0.4) is 0 Å². The molecule has 0 fully saturated rings. The summed E-state index contributed by atoms with van der Waals surface area (Å²) in [5.74, 6) is 0.463. The third-order valence-corrected chi connectivity index (χ3v) is 4.39. The van der Waals surface area contributed by atoms with Crippen LogP contribution in [-0.2, 0) is 11.3 Å². The van der Waals surface area contributed by atoms with E-state index in [4.69, 9.17) is 16.3 Å². The Morgan fingerprint density at radius 1 is 1.27 bits per heavy atom. The number of amides is 1. The molecule has 3 nitrogen and oxygen atoms in total. The molecular formula is C16H14Br2ClNO2. The van der Waals surface area contributed by atoms with Gasteiger partial charge in [-0.3, -0.25) is 4.79 Å². The van der Waals surface area contributed by atoms with Gasteiger partial charge in [-0.1, -0.05) is 45.7 Å². The second-order valence-corrected chi connectivity index (χ2v) is 6.87. The molecule has 2 rings (SSSR count). The van der Waals surface area contributed by atoms with E-state index in [0.29, 0.717) is 17.3 Å². The first-order valence-electron chi connectivity index (χ1n) is 6.56. The van der Waals surface area contributed by atoms with E-state index < -0.39 is 0 Å². The van der Waals surface area contributed by atoms with Crippen molar-refractivity contribution in [1.82, 2.24) is 5.32 Å². The molecular weight excluding hydrogens is 433 g/mol. The predicted molar refractivity (Wildman–Crippen MR) is 95.4 cm³/mol. The molecule has 0 atom stereocenters. The number of carbonyl (C=O) groups excluding carboxylic acids is 1. The van der Waals surface area contributed by atoms with Crippen molar-refractivity contribution in [2.45, 2.75) is 13.5 Å². The SMILES string of the molecule is Cc1cc(Br)cc(Br)c1OCC(=O)NCc1ccccc1Cl. The smallest absolute Gasteiger partial charge is 0.258 e. The minimum atomic E-state index is -0.200. The Balaban J connectivity index is 1.90. The summed E-state index contributed by atoms with van der Waals surface area (Å²) in [6.07, 6.45) is 0. The van der Waals surface area contributed by atoms with Crippen LogP contribution in [-0.4, -0.2) is 12.5 Å². The van der Waals surface area contributed by atoms with Crippen molar-refractivity contribution in [3.8, 4) is 5.75 Å². The number of hydrogen-bond donors (Lipinski definition) is 1. The number of nitrogens with one attached hydrogen (secondary N) is 1. The highest BCUT2D eigenvalue weighted by atomic mass is 79.9. The number of ether oxygens (including phenoxy) is 1. The maximum atomic E-state index is 11.9.